The van der Waals surface area contributed by atoms with Gasteiger partial charge in [0, 0.05) is 38.1 Å². The van der Waals surface area contributed by atoms with E-state index in [-0.39, 0.29) is 11.8 Å². The maximum absolute atomic E-state index is 13.0. The van der Waals surface area contributed by atoms with Crippen LogP contribution in [0.25, 0.3) is 0 Å². The van der Waals surface area contributed by atoms with Gasteiger partial charge in [-0.15, -0.1) is 0 Å². The van der Waals surface area contributed by atoms with Crippen molar-refractivity contribution in [3.63, 3.8) is 0 Å². The number of likely N-dealkylation sites (tertiary alicyclic amines) is 1. The maximum atomic E-state index is 13.0. The minimum Gasteiger partial charge on any atom is -0.341 e. The SMILES string of the molecule is CNC1CCN(S(=O)(=O)C2CCCN(C(=O)C3CCCC3)C2)CC1. The Morgan fingerprint density at radius 3 is 2.25 bits per heavy atom. The summed E-state index contributed by atoms with van der Waals surface area (Å²) in [5, 5.41) is 2.82. The van der Waals surface area contributed by atoms with Gasteiger partial charge < -0.3 is 10.2 Å². The zero-order valence-electron chi connectivity index (χ0n) is 14.7. The number of nitrogens with one attached hydrogen (secondary N) is 1. The average Bonchev–Trinajstić information content (AvgIpc) is 3.16. The molecule has 3 aliphatic rings. The largest absolute Gasteiger partial charge is 0.341 e. The van der Waals surface area contributed by atoms with Crippen molar-refractivity contribution in [2.75, 3.05) is 33.2 Å². The fraction of sp³-hybridized carbons (Fsp3) is 0.941. The van der Waals surface area contributed by atoms with Crippen LogP contribution in [0.1, 0.15) is 51.4 Å². The van der Waals surface area contributed by atoms with Crippen molar-refractivity contribution in [2.45, 2.75) is 62.7 Å². The minimum absolute atomic E-state index is 0.137. The van der Waals surface area contributed by atoms with Crippen LogP contribution >= 0.6 is 0 Å². The highest BCUT2D eigenvalue weighted by Gasteiger charge is 2.39. The Kier molecular flexibility index (Phi) is 5.82. The van der Waals surface area contributed by atoms with Gasteiger partial charge in [0.1, 0.15) is 0 Å². The minimum atomic E-state index is -3.30. The summed E-state index contributed by atoms with van der Waals surface area (Å²) in [4.78, 5) is 14.5. The number of sulfonamides is 1. The normalized spacial score (nSPS) is 28.4. The van der Waals surface area contributed by atoms with Gasteiger partial charge in [0.25, 0.3) is 0 Å². The zero-order chi connectivity index (χ0) is 17.2. The molecule has 6 nitrogen and oxygen atoms in total. The lowest BCUT2D eigenvalue weighted by atomic mass is 10.0. The molecule has 24 heavy (non-hydrogen) atoms. The Morgan fingerprint density at radius 2 is 1.62 bits per heavy atom. The molecule has 2 saturated heterocycles. The van der Waals surface area contributed by atoms with Gasteiger partial charge in [0.15, 0.2) is 0 Å². The van der Waals surface area contributed by atoms with Crippen LogP contribution in [0.2, 0.25) is 0 Å². The van der Waals surface area contributed by atoms with Crippen LogP contribution in [0.4, 0.5) is 0 Å². The number of nitrogens with zero attached hydrogens (tertiary/aromatic N) is 2. The molecule has 1 saturated carbocycles. The van der Waals surface area contributed by atoms with Gasteiger partial charge in [-0.2, -0.15) is 0 Å². The lowest BCUT2D eigenvalue weighted by Crippen LogP contribution is -2.53. The smallest absolute Gasteiger partial charge is 0.225 e. The molecule has 0 aromatic heterocycles. The summed E-state index contributed by atoms with van der Waals surface area (Å²) in [5.41, 5.74) is 0. The number of carbonyl (C=O) groups excluding carboxylic acids is 1. The first kappa shape index (κ1) is 18.1. The van der Waals surface area contributed by atoms with Crippen LogP contribution in [-0.2, 0) is 14.8 Å². The highest BCUT2D eigenvalue weighted by molar-refractivity contribution is 7.89. The van der Waals surface area contributed by atoms with E-state index in [1.807, 2.05) is 11.9 Å². The van der Waals surface area contributed by atoms with Crippen LogP contribution < -0.4 is 5.32 Å². The molecule has 0 radical (unpaired) electrons. The van der Waals surface area contributed by atoms with Crippen LogP contribution in [0, 0.1) is 5.92 Å². The molecule has 0 aromatic carbocycles. The van der Waals surface area contributed by atoms with E-state index < -0.39 is 15.3 Å². The molecule has 0 aromatic rings. The first-order valence-corrected chi connectivity index (χ1v) is 11.0. The first-order chi connectivity index (χ1) is 11.5. The molecule has 138 valence electrons. The summed E-state index contributed by atoms with van der Waals surface area (Å²) in [5.74, 6) is 0.333. The molecule has 1 aliphatic carbocycles. The first-order valence-electron chi connectivity index (χ1n) is 9.47. The Morgan fingerprint density at radius 1 is 0.958 bits per heavy atom. The number of amides is 1. The van der Waals surface area contributed by atoms with Crippen LogP contribution in [0.3, 0.4) is 0 Å². The van der Waals surface area contributed by atoms with Crippen molar-refractivity contribution < 1.29 is 13.2 Å². The second-order valence-electron chi connectivity index (χ2n) is 7.54. The Labute approximate surface area is 146 Å². The maximum Gasteiger partial charge on any atom is 0.225 e. The molecule has 0 bridgehead atoms. The van der Waals surface area contributed by atoms with Crippen molar-refractivity contribution >= 4 is 15.9 Å². The van der Waals surface area contributed by atoms with Crippen molar-refractivity contribution in [2.24, 2.45) is 5.92 Å². The third-order valence-electron chi connectivity index (χ3n) is 6.04. The van der Waals surface area contributed by atoms with Crippen LogP contribution in [0.5, 0.6) is 0 Å². The van der Waals surface area contributed by atoms with Crippen molar-refractivity contribution in [1.82, 2.24) is 14.5 Å². The molecular formula is C17H31N3O3S. The highest BCUT2D eigenvalue weighted by atomic mass is 32.2. The van der Waals surface area contributed by atoms with Crippen LogP contribution in [-0.4, -0.2) is 68.0 Å². The van der Waals surface area contributed by atoms with Gasteiger partial charge in [-0.3, -0.25) is 4.79 Å². The molecule has 2 heterocycles. The standard InChI is InChI=1S/C17H31N3O3S/c1-18-15-8-11-20(12-9-15)24(22,23)16-7-4-10-19(13-16)17(21)14-5-2-3-6-14/h14-16,18H,2-13H2,1H3. The van der Waals surface area contributed by atoms with Crippen molar-refractivity contribution in [3.05, 3.63) is 0 Å². The van der Waals surface area contributed by atoms with Gasteiger partial charge in [-0.1, -0.05) is 12.8 Å². The van der Waals surface area contributed by atoms with E-state index in [0.717, 1.165) is 51.5 Å². The number of rotatable bonds is 4. The third-order valence-corrected chi connectivity index (χ3v) is 8.35. The lowest BCUT2D eigenvalue weighted by molar-refractivity contribution is -0.136. The number of hydrogen-bond donors (Lipinski definition) is 1. The monoisotopic (exact) mass is 357 g/mol. The predicted octanol–water partition coefficient (Wildman–Crippen LogP) is 1.18. The topological polar surface area (TPSA) is 69.7 Å². The second-order valence-corrected chi connectivity index (χ2v) is 9.75. The number of carbonyl (C=O) groups is 1. The van der Waals surface area contributed by atoms with E-state index in [0.29, 0.717) is 32.1 Å². The van der Waals surface area contributed by atoms with E-state index in [4.69, 9.17) is 0 Å². The fourth-order valence-corrected chi connectivity index (χ4v) is 6.40. The molecule has 1 N–H and O–H groups in total. The fourth-order valence-electron chi connectivity index (χ4n) is 4.42. The summed E-state index contributed by atoms with van der Waals surface area (Å²) in [6, 6.07) is 0.420. The molecule has 1 atom stereocenters. The van der Waals surface area contributed by atoms with E-state index >= 15 is 0 Å². The Balaban J connectivity index is 1.62. The third kappa shape index (κ3) is 3.78. The van der Waals surface area contributed by atoms with Crippen LogP contribution in [0.15, 0.2) is 0 Å². The van der Waals surface area contributed by atoms with E-state index in [1.54, 1.807) is 4.31 Å². The zero-order valence-corrected chi connectivity index (χ0v) is 15.6. The van der Waals surface area contributed by atoms with Crippen molar-refractivity contribution in [3.8, 4) is 0 Å². The quantitative estimate of drug-likeness (QED) is 0.820. The van der Waals surface area contributed by atoms with Crippen molar-refractivity contribution in [1.29, 1.82) is 0 Å². The summed E-state index contributed by atoms with van der Waals surface area (Å²) in [7, 11) is -1.36. The summed E-state index contributed by atoms with van der Waals surface area (Å²) >= 11 is 0. The van der Waals surface area contributed by atoms with E-state index in [9.17, 15) is 13.2 Å². The average molecular weight is 358 g/mol. The van der Waals surface area contributed by atoms with Gasteiger partial charge in [0.2, 0.25) is 15.9 Å². The number of hydrogen-bond acceptors (Lipinski definition) is 4. The molecule has 3 fully saturated rings. The Hall–Kier alpha value is -0.660. The second kappa shape index (κ2) is 7.70. The van der Waals surface area contributed by atoms with Gasteiger partial charge in [-0.25, -0.2) is 12.7 Å². The van der Waals surface area contributed by atoms with E-state index in [2.05, 4.69) is 5.32 Å². The summed E-state index contributed by atoms with van der Waals surface area (Å²) in [6.07, 6.45) is 7.44. The highest BCUT2D eigenvalue weighted by Crippen LogP contribution is 2.29. The molecule has 2 aliphatic heterocycles. The lowest BCUT2D eigenvalue weighted by Gasteiger charge is -2.38. The molecule has 1 amide bonds. The number of piperidine rings is 2. The summed E-state index contributed by atoms with van der Waals surface area (Å²) < 4.78 is 27.6. The molecule has 1 unspecified atom stereocenters. The predicted molar refractivity (Wildman–Crippen MR) is 94.1 cm³/mol. The molecule has 3 rings (SSSR count). The van der Waals surface area contributed by atoms with Gasteiger partial charge >= 0.3 is 0 Å². The summed E-state index contributed by atoms with van der Waals surface area (Å²) in [6.45, 7) is 2.31. The van der Waals surface area contributed by atoms with Gasteiger partial charge in [0.05, 0.1) is 5.25 Å². The Bertz CT molecular complexity index is 537. The molecule has 7 heteroatoms. The molecule has 0 spiro atoms. The molecular weight excluding hydrogens is 326 g/mol. The van der Waals surface area contributed by atoms with Gasteiger partial charge in [-0.05, 0) is 45.6 Å². The van der Waals surface area contributed by atoms with E-state index in [1.165, 1.54) is 0 Å².